The fraction of sp³-hybridized carbons (Fsp3) is 0.778. The quantitative estimate of drug-likeness (QED) is 0.384. The van der Waals surface area contributed by atoms with Crippen molar-refractivity contribution < 1.29 is 19.2 Å². The molecule has 0 aromatic rings. The molecule has 1 aliphatic rings. The van der Waals surface area contributed by atoms with Crippen LogP contribution in [0.5, 0.6) is 0 Å². The number of carbonyl (C=O) groups excluding carboxylic acids is 2. The molecule has 1 aliphatic carbocycles. The van der Waals surface area contributed by atoms with Gasteiger partial charge in [0, 0.05) is 0 Å². The summed E-state index contributed by atoms with van der Waals surface area (Å²) in [4.78, 5) is 26.7. The second kappa shape index (κ2) is 5.59. The van der Waals surface area contributed by atoms with E-state index in [1.165, 1.54) is 0 Å². The highest BCUT2D eigenvalue weighted by Gasteiger charge is 2.22. The predicted molar refractivity (Wildman–Crippen MR) is 48.1 cm³/mol. The molecule has 1 saturated carbocycles. The fourth-order valence-corrected chi connectivity index (χ4v) is 0.904. The molecule has 1 amide bonds. The van der Waals surface area contributed by atoms with Crippen molar-refractivity contribution in [1.82, 2.24) is 5.48 Å². The van der Waals surface area contributed by atoms with Gasteiger partial charge in [0.1, 0.15) is 6.42 Å². The summed E-state index contributed by atoms with van der Waals surface area (Å²) in [6.45, 7) is 2.52. The molecule has 0 spiro atoms. The molecule has 0 heterocycles. The first-order valence-corrected chi connectivity index (χ1v) is 4.78. The van der Waals surface area contributed by atoms with Crippen molar-refractivity contribution in [1.29, 1.82) is 0 Å². The minimum absolute atomic E-state index is 0.279. The van der Waals surface area contributed by atoms with Crippen molar-refractivity contribution in [3.63, 3.8) is 0 Å². The maximum atomic E-state index is 11.0. The molecule has 0 aromatic heterocycles. The summed E-state index contributed by atoms with van der Waals surface area (Å²) in [6.07, 6.45) is 2.04. The number of carbonyl (C=O) groups is 2. The molecule has 0 unspecified atom stereocenters. The average molecular weight is 201 g/mol. The molecular formula is C9H15NO4. The van der Waals surface area contributed by atoms with E-state index >= 15 is 0 Å². The Morgan fingerprint density at radius 2 is 2.14 bits per heavy atom. The van der Waals surface area contributed by atoms with Crippen LogP contribution in [-0.4, -0.2) is 25.1 Å². The topological polar surface area (TPSA) is 64.6 Å². The second-order valence-corrected chi connectivity index (χ2v) is 3.26. The third-order valence-corrected chi connectivity index (χ3v) is 1.81. The number of rotatable bonds is 6. The largest absolute Gasteiger partial charge is 0.466 e. The SMILES string of the molecule is CCOC(=O)CC(=O)NOCC1CC1. The molecule has 80 valence electrons. The minimum atomic E-state index is -0.528. The highest BCUT2D eigenvalue weighted by molar-refractivity contribution is 5.93. The van der Waals surface area contributed by atoms with Crippen LogP contribution in [-0.2, 0) is 19.2 Å². The predicted octanol–water partition coefficient (Wildman–Crippen LogP) is 0.397. The van der Waals surface area contributed by atoms with Crippen molar-refractivity contribution in [3.8, 4) is 0 Å². The van der Waals surface area contributed by atoms with E-state index in [9.17, 15) is 9.59 Å². The zero-order chi connectivity index (χ0) is 10.4. The zero-order valence-electron chi connectivity index (χ0n) is 8.25. The summed E-state index contributed by atoms with van der Waals surface area (Å²) in [6, 6.07) is 0. The van der Waals surface area contributed by atoms with Gasteiger partial charge in [0.05, 0.1) is 13.2 Å². The Labute approximate surface area is 82.7 Å². The Morgan fingerprint density at radius 3 is 2.71 bits per heavy atom. The molecule has 14 heavy (non-hydrogen) atoms. The molecule has 1 N–H and O–H groups in total. The fourth-order valence-electron chi connectivity index (χ4n) is 0.904. The number of hydrogen-bond acceptors (Lipinski definition) is 4. The van der Waals surface area contributed by atoms with Crippen LogP contribution in [0.15, 0.2) is 0 Å². The molecule has 0 aliphatic heterocycles. The van der Waals surface area contributed by atoms with E-state index in [4.69, 9.17) is 4.84 Å². The van der Waals surface area contributed by atoms with Gasteiger partial charge < -0.3 is 4.74 Å². The summed E-state index contributed by atoms with van der Waals surface area (Å²) in [5, 5.41) is 0. The van der Waals surface area contributed by atoms with Crippen LogP contribution in [0.25, 0.3) is 0 Å². The molecule has 1 rings (SSSR count). The summed E-state index contributed by atoms with van der Waals surface area (Å²) in [5.41, 5.74) is 2.20. The van der Waals surface area contributed by atoms with Crippen molar-refractivity contribution in [2.45, 2.75) is 26.2 Å². The number of amides is 1. The first kappa shape index (κ1) is 11.0. The van der Waals surface area contributed by atoms with E-state index < -0.39 is 11.9 Å². The van der Waals surface area contributed by atoms with Crippen LogP contribution >= 0.6 is 0 Å². The van der Waals surface area contributed by atoms with Crippen molar-refractivity contribution in [2.24, 2.45) is 5.92 Å². The Hall–Kier alpha value is -1.10. The Bertz CT molecular complexity index is 213. The van der Waals surface area contributed by atoms with Crippen LogP contribution in [0.2, 0.25) is 0 Å². The third kappa shape index (κ3) is 4.81. The number of esters is 1. The molecule has 5 nitrogen and oxygen atoms in total. The summed E-state index contributed by atoms with van der Waals surface area (Å²) < 4.78 is 4.60. The van der Waals surface area contributed by atoms with Gasteiger partial charge in [-0.1, -0.05) is 0 Å². The lowest BCUT2D eigenvalue weighted by Gasteiger charge is -2.04. The van der Waals surface area contributed by atoms with E-state index in [1.807, 2.05) is 0 Å². The summed E-state index contributed by atoms with van der Waals surface area (Å²) >= 11 is 0. The van der Waals surface area contributed by atoms with Crippen molar-refractivity contribution in [2.75, 3.05) is 13.2 Å². The number of hydroxylamine groups is 1. The van der Waals surface area contributed by atoms with Crippen LogP contribution in [0.1, 0.15) is 26.2 Å². The average Bonchev–Trinajstić information content (AvgIpc) is 2.88. The number of ether oxygens (including phenoxy) is 1. The van der Waals surface area contributed by atoms with E-state index in [2.05, 4.69) is 10.2 Å². The Kier molecular flexibility index (Phi) is 4.39. The van der Waals surface area contributed by atoms with Gasteiger partial charge in [-0.3, -0.25) is 14.4 Å². The Morgan fingerprint density at radius 1 is 1.43 bits per heavy atom. The molecule has 0 saturated heterocycles. The highest BCUT2D eigenvalue weighted by Crippen LogP contribution is 2.28. The van der Waals surface area contributed by atoms with Crippen LogP contribution in [0.4, 0.5) is 0 Å². The summed E-state index contributed by atoms with van der Waals surface area (Å²) in [5.74, 6) is -0.401. The van der Waals surface area contributed by atoms with Crippen LogP contribution in [0, 0.1) is 5.92 Å². The first-order chi connectivity index (χ1) is 6.72. The molecule has 0 bridgehead atoms. The smallest absolute Gasteiger partial charge is 0.315 e. The first-order valence-electron chi connectivity index (χ1n) is 4.78. The molecule has 0 radical (unpaired) electrons. The Balaban J connectivity index is 1.99. The maximum Gasteiger partial charge on any atom is 0.315 e. The van der Waals surface area contributed by atoms with E-state index in [0.29, 0.717) is 12.5 Å². The summed E-state index contributed by atoms with van der Waals surface area (Å²) in [7, 11) is 0. The number of nitrogens with one attached hydrogen (secondary N) is 1. The standard InChI is InChI=1S/C9H15NO4/c1-2-13-9(12)5-8(11)10-14-6-7-3-4-7/h7H,2-6H2,1H3,(H,10,11). The van der Waals surface area contributed by atoms with Crippen LogP contribution in [0.3, 0.4) is 0 Å². The molecule has 1 fully saturated rings. The maximum absolute atomic E-state index is 11.0. The van der Waals surface area contributed by atoms with Gasteiger partial charge in [0.25, 0.3) is 5.91 Å². The number of hydrogen-bond donors (Lipinski definition) is 1. The second-order valence-electron chi connectivity index (χ2n) is 3.26. The lowest BCUT2D eigenvalue weighted by Crippen LogP contribution is -2.27. The molecule has 5 heteroatoms. The molecular weight excluding hydrogens is 186 g/mol. The van der Waals surface area contributed by atoms with Crippen molar-refractivity contribution in [3.05, 3.63) is 0 Å². The third-order valence-electron chi connectivity index (χ3n) is 1.81. The van der Waals surface area contributed by atoms with Gasteiger partial charge in [0.15, 0.2) is 0 Å². The molecule has 0 aromatic carbocycles. The van der Waals surface area contributed by atoms with Crippen LogP contribution < -0.4 is 5.48 Å². The van der Waals surface area contributed by atoms with Gasteiger partial charge in [-0.2, -0.15) is 0 Å². The van der Waals surface area contributed by atoms with Gasteiger partial charge in [-0.05, 0) is 25.7 Å². The molecule has 0 atom stereocenters. The van der Waals surface area contributed by atoms with Gasteiger partial charge in [-0.15, -0.1) is 0 Å². The lowest BCUT2D eigenvalue weighted by atomic mass is 10.4. The normalized spacial score (nSPS) is 14.9. The van der Waals surface area contributed by atoms with Crippen molar-refractivity contribution >= 4 is 11.9 Å². The monoisotopic (exact) mass is 201 g/mol. The zero-order valence-corrected chi connectivity index (χ0v) is 8.25. The minimum Gasteiger partial charge on any atom is -0.466 e. The van der Waals surface area contributed by atoms with Gasteiger partial charge in [-0.25, -0.2) is 5.48 Å². The van der Waals surface area contributed by atoms with E-state index in [-0.39, 0.29) is 13.0 Å². The van der Waals surface area contributed by atoms with E-state index in [1.54, 1.807) is 6.92 Å². The lowest BCUT2D eigenvalue weighted by molar-refractivity contribution is -0.149. The van der Waals surface area contributed by atoms with E-state index in [0.717, 1.165) is 12.8 Å². The highest BCUT2D eigenvalue weighted by atomic mass is 16.7. The van der Waals surface area contributed by atoms with Gasteiger partial charge in [0.2, 0.25) is 0 Å². The van der Waals surface area contributed by atoms with Gasteiger partial charge >= 0.3 is 5.97 Å².